The maximum atomic E-state index is 11.8. The molecule has 23 heavy (non-hydrogen) atoms. The molecule has 0 amide bonds. The average molecular weight is 370 g/mol. The zero-order valence-corrected chi connectivity index (χ0v) is 13.8. The molecule has 0 radical (unpaired) electrons. The molecule has 0 aliphatic carbocycles. The topological polar surface area (TPSA) is 93.1 Å². The van der Waals surface area contributed by atoms with Gasteiger partial charge in [0.1, 0.15) is 11.5 Å². The molecule has 0 aliphatic heterocycles. The second-order valence-corrected chi connectivity index (χ2v) is 6.08. The lowest BCUT2D eigenvalue weighted by molar-refractivity contribution is 0.390. The van der Waals surface area contributed by atoms with Gasteiger partial charge in [0, 0.05) is 0 Å². The molecule has 0 aromatic heterocycles. The van der Waals surface area contributed by atoms with Crippen molar-refractivity contribution in [3.05, 3.63) is 59.7 Å². The third kappa shape index (κ3) is 4.38. The van der Waals surface area contributed by atoms with E-state index >= 15 is 0 Å². The Balaban J connectivity index is 2.14. The van der Waals surface area contributed by atoms with Gasteiger partial charge >= 0.3 is 10.4 Å². The molecule has 2 N–H and O–H groups in total. The number of phenolic OH excluding ortho intramolecular Hbond substituents is 2. The summed E-state index contributed by atoms with van der Waals surface area (Å²) in [6, 6.07) is 11.6. The summed E-state index contributed by atoms with van der Waals surface area (Å²) in [5.41, 5.74) is 0.0336. The van der Waals surface area contributed by atoms with Gasteiger partial charge in [0.25, 0.3) is 0 Å². The lowest BCUT2D eigenvalue weighted by atomic mass is 10.2. The van der Waals surface area contributed by atoms with E-state index in [4.69, 9.17) is 24.4 Å². The van der Waals surface area contributed by atoms with Crippen LogP contribution in [0.5, 0.6) is 11.5 Å². The van der Waals surface area contributed by atoms with Crippen LogP contribution in [0.15, 0.2) is 48.5 Å². The molecule has 0 spiro atoms. The van der Waals surface area contributed by atoms with Crippen LogP contribution in [0.25, 0.3) is 0 Å². The van der Waals surface area contributed by atoms with Crippen molar-refractivity contribution in [2.45, 2.75) is 0 Å². The first-order valence-electron chi connectivity index (χ1n) is 6.09. The summed E-state index contributed by atoms with van der Waals surface area (Å²) in [5, 5.41) is 18.2. The van der Waals surface area contributed by atoms with E-state index in [-0.39, 0.29) is 22.6 Å². The molecule has 6 nitrogen and oxygen atoms in total. The highest BCUT2D eigenvalue weighted by Gasteiger charge is 2.23. The number of para-hydroxylation sites is 2. The summed E-state index contributed by atoms with van der Waals surface area (Å²) in [4.78, 5) is 0. The van der Waals surface area contributed by atoms with Gasteiger partial charge in [0.05, 0.1) is 11.1 Å². The molecule has 0 aliphatic rings. The highest BCUT2D eigenvalue weighted by atomic mass is 32.3. The molecule has 0 fully saturated rings. The van der Waals surface area contributed by atoms with Crippen LogP contribution in [0, 0.1) is 0 Å². The lowest BCUT2D eigenvalue weighted by Crippen LogP contribution is -2.18. The van der Waals surface area contributed by atoms with Crippen LogP contribution in [-0.2, 0) is 18.8 Å². The van der Waals surface area contributed by atoms with E-state index in [0.29, 0.717) is 0 Å². The molecule has 0 unspecified atom stereocenters. The van der Waals surface area contributed by atoms with Crippen molar-refractivity contribution < 1.29 is 27.0 Å². The Kier molecular flexibility index (Phi) is 5.14. The molecule has 0 atom stereocenters. The standard InChI is InChI=1S/C14H10O6S3/c15-11-7-3-1-5-9(11)13(21)19-23(17,18)20-14(22)10-6-2-4-8-12(10)16/h1-8,15-16H. The molecule has 2 aromatic carbocycles. The van der Waals surface area contributed by atoms with Gasteiger partial charge in [-0.1, -0.05) is 24.3 Å². The van der Waals surface area contributed by atoms with Gasteiger partial charge in [-0.2, -0.15) is 0 Å². The Morgan fingerprint density at radius 2 is 1.13 bits per heavy atom. The minimum atomic E-state index is -4.61. The van der Waals surface area contributed by atoms with Crippen LogP contribution in [0.3, 0.4) is 0 Å². The van der Waals surface area contributed by atoms with E-state index < -0.39 is 20.5 Å². The van der Waals surface area contributed by atoms with Crippen molar-refractivity contribution in [2.75, 3.05) is 0 Å². The minimum Gasteiger partial charge on any atom is -0.507 e. The van der Waals surface area contributed by atoms with Crippen LogP contribution >= 0.6 is 24.4 Å². The summed E-state index contributed by atoms with van der Waals surface area (Å²) in [6.45, 7) is 0. The normalized spacial score (nSPS) is 10.8. The van der Waals surface area contributed by atoms with Crippen molar-refractivity contribution in [1.82, 2.24) is 0 Å². The van der Waals surface area contributed by atoms with Gasteiger partial charge in [-0.15, -0.1) is 8.42 Å². The molecule has 0 saturated heterocycles. The van der Waals surface area contributed by atoms with Gasteiger partial charge in [0.2, 0.25) is 10.1 Å². The molecule has 0 bridgehead atoms. The van der Waals surface area contributed by atoms with Crippen molar-refractivity contribution in [1.29, 1.82) is 0 Å². The molecule has 0 heterocycles. The van der Waals surface area contributed by atoms with Gasteiger partial charge in [-0.25, -0.2) is 0 Å². The smallest absolute Gasteiger partial charge is 0.502 e. The van der Waals surface area contributed by atoms with Crippen LogP contribution in [-0.4, -0.2) is 28.7 Å². The monoisotopic (exact) mass is 370 g/mol. The first-order valence-corrected chi connectivity index (χ1v) is 8.23. The predicted octanol–water partition coefficient (Wildman–Crippen LogP) is 2.43. The van der Waals surface area contributed by atoms with Crippen molar-refractivity contribution >= 4 is 44.9 Å². The lowest BCUT2D eigenvalue weighted by Gasteiger charge is -2.10. The zero-order valence-electron chi connectivity index (χ0n) is 11.4. The molecular weight excluding hydrogens is 360 g/mol. The third-order valence-corrected chi connectivity index (χ3v) is 4.16. The number of phenols is 2. The molecule has 9 heteroatoms. The second kappa shape index (κ2) is 6.90. The van der Waals surface area contributed by atoms with Crippen molar-refractivity contribution in [2.24, 2.45) is 0 Å². The van der Waals surface area contributed by atoms with Crippen molar-refractivity contribution in [3.8, 4) is 11.5 Å². The van der Waals surface area contributed by atoms with Gasteiger partial charge in [-0.3, -0.25) is 0 Å². The van der Waals surface area contributed by atoms with E-state index in [0.717, 1.165) is 0 Å². The SMILES string of the molecule is O=S(=O)(OC(=S)c1ccccc1O)OC(=S)c1ccccc1O. The van der Waals surface area contributed by atoms with Gasteiger partial charge in [0.15, 0.2) is 0 Å². The molecule has 2 aromatic rings. The largest absolute Gasteiger partial charge is 0.507 e. The first-order chi connectivity index (χ1) is 10.8. The number of aromatic hydroxyl groups is 2. The summed E-state index contributed by atoms with van der Waals surface area (Å²) < 4.78 is 32.9. The van der Waals surface area contributed by atoms with Crippen LogP contribution < -0.4 is 0 Å². The van der Waals surface area contributed by atoms with Crippen LogP contribution in [0.1, 0.15) is 11.1 Å². The molecule has 2 rings (SSSR count). The average Bonchev–Trinajstić information content (AvgIpc) is 2.46. The second-order valence-electron chi connectivity index (χ2n) is 4.18. The number of hydrogen-bond acceptors (Lipinski definition) is 8. The van der Waals surface area contributed by atoms with E-state index in [2.05, 4.69) is 8.37 Å². The number of thiocarbonyl (C=S) groups is 2. The highest BCUT2D eigenvalue weighted by Crippen LogP contribution is 2.21. The summed E-state index contributed by atoms with van der Waals surface area (Å²) in [6.07, 6.45) is 0. The molecule has 120 valence electrons. The fourth-order valence-electron chi connectivity index (χ4n) is 1.58. The fraction of sp³-hybridized carbons (Fsp3) is 0. The van der Waals surface area contributed by atoms with E-state index in [1.165, 1.54) is 24.3 Å². The quantitative estimate of drug-likeness (QED) is 0.793. The van der Waals surface area contributed by atoms with E-state index in [9.17, 15) is 18.6 Å². The Morgan fingerprint density at radius 3 is 1.48 bits per heavy atom. The summed E-state index contributed by atoms with van der Waals surface area (Å²) in [7, 11) is -4.61. The fourth-order valence-corrected chi connectivity index (χ4v) is 3.01. The molecular formula is C14H10O6S3. The highest BCUT2D eigenvalue weighted by molar-refractivity contribution is 7.87. The number of benzene rings is 2. The number of hydrogen-bond donors (Lipinski definition) is 2. The van der Waals surface area contributed by atoms with Crippen molar-refractivity contribution in [3.63, 3.8) is 0 Å². The Labute approximate surface area is 143 Å². The first kappa shape index (κ1) is 17.1. The van der Waals surface area contributed by atoms with Gasteiger partial charge < -0.3 is 18.6 Å². The Bertz CT molecular complexity index is 795. The maximum Gasteiger partial charge on any atom is 0.502 e. The Hall–Kier alpha value is -2.23. The van der Waals surface area contributed by atoms with E-state index in [1.807, 2.05) is 0 Å². The predicted molar refractivity (Wildman–Crippen MR) is 90.7 cm³/mol. The molecule has 0 saturated carbocycles. The number of rotatable bonds is 4. The van der Waals surface area contributed by atoms with Gasteiger partial charge in [-0.05, 0) is 48.7 Å². The van der Waals surface area contributed by atoms with E-state index in [1.54, 1.807) is 24.3 Å². The maximum absolute atomic E-state index is 11.8. The zero-order chi connectivity index (χ0) is 17.0. The Morgan fingerprint density at radius 1 is 0.783 bits per heavy atom. The third-order valence-electron chi connectivity index (χ3n) is 2.60. The summed E-state index contributed by atoms with van der Waals surface area (Å²) in [5.74, 6) is -0.480. The summed E-state index contributed by atoms with van der Waals surface area (Å²) >= 11 is 9.63. The van der Waals surface area contributed by atoms with Crippen LogP contribution in [0.2, 0.25) is 0 Å². The minimum absolute atomic E-state index is 0.0168. The van der Waals surface area contributed by atoms with Crippen LogP contribution in [0.4, 0.5) is 0 Å².